The molecule has 0 saturated heterocycles. The Labute approximate surface area is 417 Å². The molecule has 0 aliphatic rings. The third kappa shape index (κ3) is 15.0. The van der Waals surface area contributed by atoms with Crippen LogP contribution in [0.2, 0.25) is 0 Å². The van der Waals surface area contributed by atoms with Crippen molar-refractivity contribution in [1.82, 2.24) is 0 Å². The third-order valence-electron chi connectivity index (χ3n) is 11.4. The Balaban J connectivity index is 1.23. The molecule has 0 spiro atoms. The van der Waals surface area contributed by atoms with Crippen LogP contribution in [0.3, 0.4) is 0 Å². The molecule has 0 aliphatic heterocycles. The molecule has 14 heteroatoms. The predicted octanol–water partition coefficient (Wildman–Crippen LogP) is 13.3. The maximum Gasteiger partial charge on any atom is 0.519 e. The molecule has 0 aliphatic carbocycles. The van der Waals surface area contributed by atoms with Gasteiger partial charge in [0.05, 0.1) is 22.3 Å². The summed E-state index contributed by atoms with van der Waals surface area (Å²) in [5, 5.41) is 0. The molecule has 0 aromatic heterocycles. The van der Waals surface area contributed by atoms with Gasteiger partial charge in [-0.05, 0) is 85.6 Å². The van der Waals surface area contributed by atoms with E-state index in [1.807, 2.05) is 0 Å². The summed E-state index contributed by atoms with van der Waals surface area (Å²) in [6.45, 7) is 4.18. The highest BCUT2D eigenvalue weighted by Crippen LogP contribution is 2.30. The summed E-state index contributed by atoms with van der Waals surface area (Å²) in [6.07, 6.45) is 7.11. The van der Waals surface area contributed by atoms with Crippen molar-refractivity contribution in [2.45, 2.75) is 90.9 Å². The van der Waals surface area contributed by atoms with E-state index in [4.69, 9.17) is 28.7 Å². The second kappa shape index (κ2) is 27.0. The van der Waals surface area contributed by atoms with Crippen molar-refractivity contribution in [2.75, 3.05) is 0 Å². The Kier molecular flexibility index (Phi) is 19.8. The van der Waals surface area contributed by atoms with Gasteiger partial charge in [-0.15, -0.1) is 0 Å². The standard InChI is InChI=1S/C58H54O14/c1-3-5-7-9-17-31-49(59)39-33-35-51(69-57(65)67-41-23-13-11-14-24-41)47(37-39)53(61)43-27-19-21-29-45(43)55(63)71-72-56(64)46-30-22-20-28-44(46)54(62)48-38-40(50(60)32-18-10-8-6-4-2)34-36-52(48)70-58(66)68-42-25-15-12-16-26-42/h11-16,19-30,33-38H,3-10,17-18,31-32H2,1-2H3. The molecule has 0 fully saturated rings. The zero-order valence-corrected chi connectivity index (χ0v) is 40.1. The minimum Gasteiger partial charge on any atom is -0.395 e. The second-order valence-electron chi connectivity index (χ2n) is 16.6. The number of hydrogen-bond acceptors (Lipinski definition) is 14. The molecule has 0 unspecified atom stereocenters. The van der Waals surface area contributed by atoms with Crippen LogP contribution < -0.4 is 18.9 Å². The van der Waals surface area contributed by atoms with Crippen LogP contribution >= 0.6 is 0 Å². The quantitative estimate of drug-likeness (QED) is 0.0139. The van der Waals surface area contributed by atoms with E-state index in [0.717, 1.165) is 51.4 Å². The molecule has 0 N–H and O–H groups in total. The molecule has 0 bridgehead atoms. The lowest BCUT2D eigenvalue weighted by Gasteiger charge is -2.14. The number of para-hydroxylation sites is 2. The molecule has 0 amide bonds. The summed E-state index contributed by atoms with van der Waals surface area (Å²) in [5.74, 6) is -4.99. The number of ketones is 4. The molecule has 0 saturated carbocycles. The lowest BCUT2D eigenvalue weighted by molar-refractivity contribution is -0.187. The van der Waals surface area contributed by atoms with Crippen molar-refractivity contribution in [3.05, 3.63) is 190 Å². The van der Waals surface area contributed by atoms with Gasteiger partial charge in [-0.3, -0.25) is 19.2 Å². The summed E-state index contributed by atoms with van der Waals surface area (Å²) >= 11 is 0. The first-order chi connectivity index (χ1) is 35.0. The van der Waals surface area contributed by atoms with E-state index in [1.165, 1.54) is 109 Å². The first kappa shape index (κ1) is 52.8. The van der Waals surface area contributed by atoms with Crippen LogP contribution in [0.1, 0.15) is 164 Å². The molecule has 0 atom stereocenters. The average Bonchev–Trinajstić information content (AvgIpc) is 3.40. The predicted molar refractivity (Wildman–Crippen MR) is 265 cm³/mol. The lowest BCUT2D eigenvalue weighted by atomic mass is 9.94. The van der Waals surface area contributed by atoms with Gasteiger partial charge in [-0.1, -0.05) is 138 Å². The molecule has 6 rings (SSSR count). The fraction of sp³-hybridized carbons (Fsp3) is 0.241. The number of benzene rings is 6. The van der Waals surface area contributed by atoms with Crippen LogP contribution in [0.4, 0.5) is 9.59 Å². The van der Waals surface area contributed by atoms with Crippen LogP contribution in [-0.2, 0) is 9.78 Å². The monoisotopic (exact) mass is 974 g/mol. The van der Waals surface area contributed by atoms with Gasteiger partial charge >= 0.3 is 24.2 Å². The van der Waals surface area contributed by atoms with E-state index < -0.39 is 35.8 Å². The zero-order chi connectivity index (χ0) is 51.2. The number of rotatable bonds is 24. The van der Waals surface area contributed by atoms with Crippen molar-refractivity contribution in [2.24, 2.45) is 0 Å². The highest BCUT2D eigenvalue weighted by atomic mass is 17.2. The van der Waals surface area contributed by atoms with E-state index in [-0.39, 0.29) is 91.9 Å². The molecule has 72 heavy (non-hydrogen) atoms. The van der Waals surface area contributed by atoms with Crippen LogP contribution in [0, 0.1) is 0 Å². The molecule has 6 aromatic carbocycles. The number of ether oxygens (including phenoxy) is 4. The minimum atomic E-state index is -1.30. The molecule has 14 nitrogen and oxygen atoms in total. The summed E-state index contributed by atoms with van der Waals surface area (Å²) in [7, 11) is 0. The Morgan fingerprint density at radius 2 is 0.694 bits per heavy atom. The van der Waals surface area contributed by atoms with Crippen molar-refractivity contribution in [3.63, 3.8) is 0 Å². The number of Topliss-reactive ketones (excluding diaryl/α,β-unsaturated/α-hetero) is 2. The minimum absolute atomic E-state index is 0.168. The van der Waals surface area contributed by atoms with Crippen molar-refractivity contribution in [1.29, 1.82) is 0 Å². The van der Waals surface area contributed by atoms with Gasteiger partial charge in [0.2, 0.25) is 0 Å². The number of carbonyl (C=O) groups excluding carboxylic acids is 8. The van der Waals surface area contributed by atoms with E-state index in [1.54, 1.807) is 36.4 Å². The van der Waals surface area contributed by atoms with E-state index in [9.17, 15) is 38.4 Å². The first-order valence-electron chi connectivity index (χ1n) is 23.9. The maximum atomic E-state index is 14.4. The van der Waals surface area contributed by atoms with Crippen LogP contribution in [0.15, 0.2) is 146 Å². The van der Waals surface area contributed by atoms with Crippen LogP contribution in [0.25, 0.3) is 0 Å². The number of unbranched alkanes of at least 4 members (excludes halogenated alkanes) is 8. The van der Waals surface area contributed by atoms with Gasteiger partial charge in [0, 0.05) is 35.1 Å². The third-order valence-corrected chi connectivity index (χ3v) is 11.4. The van der Waals surface area contributed by atoms with Gasteiger partial charge < -0.3 is 18.9 Å². The van der Waals surface area contributed by atoms with E-state index >= 15 is 0 Å². The molecular formula is C58H54O14. The van der Waals surface area contributed by atoms with Crippen LogP contribution in [-0.4, -0.2) is 47.4 Å². The topological polar surface area (TPSA) is 192 Å². The Hall–Kier alpha value is -8.52. The van der Waals surface area contributed by atoms with Crippen molar-refractivity contribution in [3.8, 4) is 23.0 Å². The Morgan fingerprint density at radius 3 is 1.07 bits per heavy atom. The summed E-state index contributed by atoms with van der Waals surface area (Å²) in [5.41, 5.74) is -1.46. The molecular weight excluding hydrogens is 921 g/mol. The maximum absolute atomic E-state index is 14.4. The van der Waals surface area contributed by atoms with Gasteiger partial charge in [0.15, 0.2) is 23.1 Å². The van der Waals surface area contributed by atoms with Crippen molar-refractivity contribution < 1.29 is 67.1 Å². The molecule has 370 valence electrons. The van der Waals surface area contributed by atoms with Crippen LogP contribution in [0.5, 0.6) is 23.0 Å². The van der Waals surface area contributed by atoms with Crippen molar-refractivity contribution >= 4 is 47.4 Å². The highest BCUT2D eigenvalue weighted by Gasteiger charge is 2.29. The van der Waals surface area contributed by atoms with Gasteiger partial charge in [-0.2, -0.15) is 0 Å². The van der Waals surface area contributed by atoms with Gasteiger partial charge in [0.25, 0.3) is 0 Å². The van der Waals surface area contributed by atoms with E-state index in [2.05, 4.69) is 13.8 Å². The Morgan fingerprint density at radius 1 is 0.347 bits per heavy atom. The van der Waals surface area contributed by atoms with Gasteiger partial charge in [-0.25, -0.2) is 29.0 Å². The SMILES string of the molecule is CCCCCCCC(=O)c1ccc(OC(=O)Oc2ccccc2)c(C(=O)c2ccccc2C(=O)OOC(=O)c2ccccc2C(=O)c2cc(C(=O)CCCCCCC)ccc2OC(=O)Oc2ccccc2)c1. The summed E-state index contributed by atoms with van der Waals surface area (Å²) in [4.78, 5) is 119. The summed E-state index contributed by atoms with van der Waals surface area (Å²) < 4.78 is 21.5. The number of hydrogen-bond donors (Lipinski definition) is 0. The normalized spacial score (nSPS) is 10.6. The number of carbonyl (C=O) groups is 8. The fourth-order valence-corrected chi connectivity index (χ4v) is 7.57. The molecule has 0 radical (unpaired) electrons. The summed E-state index contributed by atoms with van der Waals surface area (Å²) in [6, 6.07) is 35.0. The zero-order valence-electron chi connectivity index (χ0n) is 40.1. The smallest absolute Gasteiger partial charge is 0.395 e. The van der Waals surface area contributed by atoms with Gasteiger partial charge in [0.1, 0.15) is 23.0 Å². The highest BCUT2D eigenvalue weighted by molar-refractivity contribution is 6.18. The Bertz CT molecular complexity index is 2690. The lowest BCUT2D eigenvalue weighted by Crippen LogP contribution is -2.20. The largest absolute Gasteiger partial charge is 0.519 e. The first-order valence-corrected chi connectivity index (χ1v) is 23.9. The molecule has 0 heterocycles. The van der Waals surface area contributed by atoms with E-state index in [0.29, 0.717) is 12.8 Å². The average molecular weight is 975 g/mol. The molecule has 6 aromatic rings. The second-order valence-corrected chi connectivity index (χ2v) is 16.6. The fourth-order valence-electron chi connectivity index (χ4n) is 7.57.